The van der Waals surface area contributed by atoms with Crippen molar-refractivity contribution < 1.29 is 0 Å². The molecule has 3 rings (SSSR count). The molecule has 0 atom stereocenters. The number of hydrogen-bond donors (Lipinski definition) is 0. The van der Waals surface area contributed by atoms with Gasteiger partial charge in [-0.1, -0.05) is 50.1 Å². The number of hydrogen-bond acceptors (Lipinski definition) is 2. The van der Waals surface area contributed by atoms with Crippen molar-refractivity contribution in [3.8, 4) is 0 Å². The molecule has 1 aromatic carbocycles. The van der Waals surface area contributed by atoms with E-state index < -0.39 is 0 Å². The van der Waals surface area contributed by atoms with Crippen LogP contribution in [-0.4, -0.2) is 4.98 Å². The Hall–Kier alpha value is -1.15. The van der Waals surface area contributed by atoms with Gasteiger partial charge in [-0.2, -0.15) is 0 Å². The van der Waals surface area contributed by atoms with Gasteiger partial charge in [0, 0.05) is 10.8 Å². The number of rotatable bonds is 4. The van der Waals surface area contributed by atoms with E-state index in [9.17, 15) is 0 Å². The summed E-state index contributed by atoms with van der Waals surface area (Å²) >= 11 is 1.86. The van der Waals surface area contributed by atoms with Gasteiger partial charge < -0.3 is 0 Å². The van der Waals surface area contributed by atoms with Crippen LogP contribution in [0.3, 0.4) is 0 Å². The van der Waals surface area contributed by atoms with Crippen molar-refractivity contribution in [3.05, 3.63) is 52.0 Å². The molecule has 1 aliphatic carbocycles. The van der Waals surface area contributed by atoms with Gasteiger partial charge in [0.1, 0.15) is 5.01 Å². The first-order valence-corrected chi connectivity index (χ1v) is 7.73. The van der Waals surface area contributed by atoms with Crippen LogP contribution in [-0.2, 0) is 11.8 Å². The molecule has 0 amide bonds. The summed E-state index contributed by atoms with van der Waals surface area (Å²) in [6, 6.07) is 10.9. The zero-order valence-electron chi connectivity index (χ0n) is 10.9. The van der Waals surface area contributed by atoms with E-state index in [-0.39, 0.29) is 5.41 Å². The maximum Gasteiger partial charge on any atom is 0.103 e. The topological polar surface area (TPSA) is 12.9 Å². The SMILES string of the molecule is CCCc1csc(C2(c3ccccc3)CCC2)n1. The van der Waals surface area contributed by atoms with Gasteiger partial charge in [0.25, 0.3) is 0 Å². The number of aromatic nitrogens is 1. The highest BCUT2D eigenvalue weighted by Crippen LogP contribution is 2.49. The van der Waals surface area contributed by atoms with E-state index in [1.165, 1.54) is 41.9 Å². The molecule has 0 spiro atoms. The summed E-state index contributed by atoms with van der Waals surface area (Å²) in [4.78, 5) is 4.89. The van der Waals surface area contributed by atoms with E-state index in [0.29, 0.717) is 0 Å². The van der Waals surface area contributed by atoms with Crippen molar-refractivity contribution in [2.24, 2.45) is 0 Å². The summed E-state index contributed by atoms with van der Waals surface area (Å²) in [6.45, 7) is 2.22. The van der Waals surface area contributed by atoms with Gasteiger partial charge in [-0.3, -0.25) is 0 Å². The van der Waals surface area contributed by atoms with Crippen LogP contribution in [0, 0.1) is 0 Å². The minimum Gasteiger partial charge on any atom is -0.245 e. The van der Waals surface area contributed by atoms with Crippen LogP contribution in [0.2, 0.25) is 0 Å². The van der Waals surface area contributed by atoms with E-state index in [1.54, 1.807) is 0 Å². The van der Waals surface area contributed by atoms with Crippen molar-refractivity contribution in [3.63, 3.8) is 0 Å². The third-order valence-corrected chi connectivity index (χ3v) is 5.10. The fourth-order valence-electron chi connectivity index (χ4n) is 2.81. The second-order valence-corrected chi connectivity index (χ2v) is 6.05. The third kappa shape index (κ3) is 1.89. The lowest BCUT2D eigenvalue weighted by Gasteiger charge is -2.40. The van der Waals surface area contributed by atoms with Gasteiger partial charge in [-0.15, -0.1) is 11.3 Å². The van der Waals surface area contributed by atoms with Crippen molar-refractivity contribution in [2.75, 3.05) is 0 Å². The van der Waals surface area contributed by atoms with Crippen LogP contribution in [0.25, 0.3) is 0 Å². The van der Waals surface area contributed by atoms with Crippen molar-refractivity contribution in [1.29, 1.82) is 0 Å². The zero-order chi connectivity index (χ0) is 12.4. The van der Waals surface area contributed by atoms with Gasteiger partial charge in [0.05, 0.1) is 5.69 Å². The molecular weight excluding hydrogens is 238 g/mol. The van der Waals surface area contributed by atoms with E-state index in [1.807, 2.05) is 11.3 Å². The largest absolute Gasteiger partial charge is 0.245 e. The highest BCUT2D eigenvalue weighted by molar-refractivity contribution is 7.09. The smallest absolute Gasteiger partial charge is 0.103 e. The second kappa shape index (κ2) is 4.85. The second-order valence-electron chi connectivity index (χ2n) is 5.20. The molecule has 1 aliphatic rings. The summed E-state index contributed by atoms with van der Waals surface area (Å²) in [5.41, 5.74) is 2.96. The maximum atomic E-state index is 4.89. The number of thiazole rings is 1. The highest BCUT2D eigenvalue weighted by Gasteiger charge is 2.42. The Labute approximate surface area is 113 Å². The third-order valence-electron chi connectivity index (χ3n) is 4.00. The minimum absolute atomic E-state index is 0.234. The van der Waals surface area contributed by atoms with Crippen LogP contribution in [0.4, 0.5) is 0 Å². The van der Waals surface area contributed by atoms with Crippen molar-refractivity contribution in [2.45, 2.75) is 44.4 Å². The standard InChI is InChI=1S/C16H19NS/c1-2-7-14-12-18-15(17-14)16(10-6-11-16)13-8-4-3-5-9-13/h3-5,8-9,12H,2,6-7,10-11H2,1H3. The first-order valence-electron chi connectivity index (χ1n) is 6.85. The Morgan fingerprint density at radius 1 is 1.22 bits per heavy atom. The molecule has 1 nitrogen and oxygen atoms in total. The lowest BCUT2D eigenvalue weighted by molar-refractivity contribution is 0.300. The first-order chi connectivity index (χ1) is 8.85. The molecule has 0 saturated heterocycles. The van der Waals surface area contributed by atoms with E-state index in [2.05, 4.69) is 42.6 Å². The van der Waals surface area contributed by atoms with Crippen LogP contribution in [0.1, 0.15) is 48.9 Å². The van der Waals surface area contributed by atoms with Crippen LogP contribution < -0.4 is 0 Å². The Balaban J connectivity index is 1.96. The molecule has 2 aromatic rings. The number of nitrogens with zero attached hydrogens (tertiary/aromatic N) is 1. The van der Waals surface area contributed by atoms with E-state index in [4.69, 9.17) is 4.98 Å². The van der Waals surface area contributed by atoms with Gasteiger partial charge in [-0.05, 0) is 24.8 Å². The fraction of sp³-hybridized carbons (Fsp3) is 0.438. The molecule has 1 heterocycles. The molecule has 0 unspecified atom stereocenters. The summed E-state index contributed by atoms with van der Waals surface area (Å²) in [6.07, 6.45) is 6.15. The maximum absolute atomic E-state index is 4.89. The average molecular weight is 257 g/mol. The molecular formula is C16H19NS. The fourth-order valence-corrected chi connectivity index (χ4v) is 3.95. The lowest BCUT2D eigenvalue weighted by Crippen LogP contribution is -2.35. The Morgan fingerprint density at radius 2 is 2.00 bits per heavy atom. The molecule has 1 saturated carbocycles. The first kappa shape index (κ1) is 11.9. The van der Waals surface area contributed by atoms with Gasteiger partial charge in [-0.25, -0.2) is 4.98 Å². The Bertz CT molecular complexity index is 511. The summed E-state index contributed by atoms with van der Waals surface area (Å²) in [5, 5.41) is 3.59. The summed E-state index contributed by atoms with van der Waals surface area (Å²) in [7, 11) is 0. The Kier molecular flexibility index (Phi) is 3.21. The van der Waals surface area contributed by atoms with Gasteiger partial charge in [0.2, 0.25) is 0 Å². The van der Waals surface area contributed by atoms with Crippen molar-refractivity contribution in [1.82, 2.24) is 4.98 Å². The molecule has 1 aromatic heterocycles. The lowest BCUT2D eigenvalue weighted by atomic mass is 9.65. The molecule has 0 radical (unpaired) electrons. The molecule has 0 aliphatic heterocycles. The van der Waals surface area contributed by atoms with E-state index >= 15 is 0 Å². The molecule has 94 valence electrons. The molecule has 0 bridgehead atoms. The van der Waals surface area contributed by atoms with Crippen LogP contribution in [0.15, 0.2) is 35.7 Å². The normalized spacial score (nSPS) is 17.4. The Morgan fingerprint density at radius 3 is 2.61 bits per heavy atom. The van der Waals surface area contributed by atoms with Gasteiger partial charge >= 0.3 is 0 Å². The van der Waals surface area contributed by atoms with Gasteiger partial charge in [0.15, 0.2) is 0 Å². The molecule has 1 fully saturated rings. The molecule has 2 heteroatoms. The summed E-state index contributed by atoms with van der Waals surface area (Å²) in [5.74, 6) is 0. The van der Waals surface area contributed by atoms with Crippen LogP contribution in [0.5, 0.6) is 0 Å². The van der Waals surface area contributed by atoms with Crippen LogP contribution >= 0.6 is 11.3 Å². The average Bonchev–Trinajstić information content (AvgIpc) is 2.79. The summed E-state index contributed by atoms with van der Waals surface area (Å²) < 4.78 is 0. The monoisotopic (exact) mass is 257 g/mol. The predicted molar refractivity (Wildman–Crippen MR) is 77.2 cm³/mol. The zero-order valence-corrected chi connectivity index (χ0v) is 11.7. The number of aryl methyl sites for hydroxylation is 1. The quantitative estimate of drug-likeness (QED) is 0.782. The van der Waals surface area contributed by atoms with E-state index in [0.717, 1.165) is 6.42 Å². The molecule has 18 heavy (non-hydrogen) atoms. The minimum atomic E-state index is 0.234. The predicted octanol–water partition coefficient (Wildman–Crippen LogP) is 4.57. The van der Waals surface area contributed by atoms with Crippen molar-refractivity contribution >= 4 is 11.3 Å². The molecule has 0 N–H and O–H groups in total. The number of benzene rings is 1. The highest BCUT2D eigenvalue weighted by atomic mass is 32.1.